The maximum atomic E-state index is 12.8. The molecule has 0 bridgehead atoms. The number of halogens is 1. The highest BCUT2D eigenvalue weighted by Gasteiger charge is 2.12. The van der Waals surface area contributed by atoms with Gasteiger partial charge in [0.2, 0.25) is 0 Å². The number of urea groups is 1. The van der Waals surface area contributed by atoms with Gasteiger partial charge in [0.25, 0.3) is 0 Å². The van der Waals surface area contributed by atoms with Crippen LogP contribution in [0.3, 0.4) is 0 Å². The molecule has 0 fully saturated rings. The number of carbonyl (C=O) groups is 1. The Morgan fingerprint density at radius 2 is 1.90 bits per heavy atom. The highest BCUT2D eigenvalue weighted by atomic mass is 19.1. The highest BCUT2D eigenvalue weighted by Crippen LogP contribution is 2.16. The van der Waals surface area contributed by atoms with Crippen molar-refractivity contribution in [1.29, 1.82) is 5.41 Å². The molecule has 0 atom stereocenters. The molecule has 0 aliphatic carbocycles. The Balaban J connectivity index is 2.13. The zero-order valence-electron chi connectivity index (χ0n) is 11.4. The van der Waals surface area contributed by atoms with E-state index in [2.05, 4.69) is 5.32 Å². The van der Waals surface area contributed by atoms with Crippen LogP contribution in [0.4, 0.5) is 20.6 Å². The number of hydrogen-bond acceptors (Lipinski definition) is 2. The van der Waals surface area contributed by atoms with Crippen LogP contribution in [0.5, 0.6) is 0 Å². The molecule has 0 aliphatic heterocycles. The number of anilines is 2. The summed E-state index contributed by atoms with van der Waals surface area (Å²) in [7, 11) is 1.60. The summed E-state index contributed by atoms with van der Waals surface area (Å²) >= 11 is 0. The third kappa shape index (κ3) is 3.56. The van der Waals surface area contributed by atoms with Gasteiger partial charge in [0.15, 0.2) is 0 Å². The van der Waals surface area contributed by atoms with Gasteiger partial charge in [0.1, 0.15) is 11.7 Å². The number of hydrogen-bond donors (Lipinski definition) is 3. The molecule has 0 radical (unpaired) electrons. The molecule has 0 saturated heterocycles. The molecule has 2 amide bonds. The molecule has 6 heteroatoms. The fourth-order valence-electron chi connectivity index (χ4n) is 1.74. The minimum absolute atomic E-state index is 0.0656. The van der Waals surface area contributed by atoms with Crippen molar-refractivity contribution in [3.05, 3.63) is 59.9 Å². The Labute approximate surface area is 121 Å². The van der Waals surface area contributed by atoms with Gasteiger partial charge in [-0.1, -0.05) is 12.1 Å². The standard InChI is InChI=1S/C15H15FN4O/c1-20(13-4-2-3-10(9-13)14(17)18)15(21)19-12-7-5-11(16)6-8-12/h2-9H,1H3,(H3,17,18)(H,19,21). The van der Waals surface area contributed by atoms with E-state index in [1.54, 1.807) is 31.3 Å². The minimum atomic E-state index is -0.373. The number of nitrogens with one attached hydrogen (secondary N) is 2. The Morgan fingerprint density at radius 1 is 1.24 bits per heavy atom. The molecule has 2 aromatic rings. The fraction of sp³-hybridized carbons (Fsp3) is 0.0667. The van der Waals surface area contributed by atoms with Gasteiger partial charge in [-0.05, 0) is 36.4 Å². The molecule has 21 heavy (non-hydrogen) atoms. The van der Waals surface area contributed by atoms with Gasteiger partial charge in [-0.15, -0.1) is 0 Å². The SMILES string of the molecule is CN(C(=O)Nc1ccc(F)cc1)c1cccc(C(=N)N)c1. The lowest BCUT2D eigenvalue weighted by Crippen LogP contribution is -2.31. The summed E-state index contributed by atoms with van der Waals surface area (Å²) in [4.78, 5) is 13.5. The first-order chi connectivity index (χ1) is 9.97. The predicted octanol–water partition coefficient (Wildman–Crippen LogP) is 2.78. The first kappa shape index (κ1) is 14.5. The topological polar surface area (TPSA) is 82.2 Å². The highest BCUT2D eigenvalue weighted by molar-refractivity contribution is 6.02. The summed E-state index contributed by atoms with van der Waals surface area (Å²) in [6, 6.07) is 11.9. The van der Waals surface area contributed by atoms with Crippen LogP contribution in [0.15, 0.2) is 48.5 Å². The van der Waals surface area contributed by atoms with E-state index in [0.717, 1.165) is 0 Å². The van der Waals surface area contributed by atoms with Crippen LogP contribution in [0.1, 0.15) is 5.56 Å². The molecule has 108 valence electrons. The third-order valence-corrected chi connectivity index (χ3v) is 2.94. The van der Waals surface area contributed by atoms with Crippen molar-refractivity contribution >= 4 is 23.2 Å². The number of amidine groups is 1. The second kappa shape index (κ2) is 6.04. The van der Waals surface area contributed by atoms with Crippen molar-refractivity contribution in [3.8, 4) is 0 Å². The quantitative estimate of drug-likeness (QED) is 0.599. The van der Waals surface area contributed by atoms with E-state index >= 15 is 0 Å². The van der Waals surface area contributed by atoms with Gasteiger partial charge in [-0.3, -0.25) is 10.3 Å². The second-order valence-corrected chi connectivity index (χ2v) is 4.46. The van der Waals surface area contributed by atoms with E-state index in [1.807, 2.05) is 0 Å². The lowest BCUT2D eigenvalue weighted by atomic mass is 10.2. The summed E-state index contributed by atoms with van der Waals surface area (Å²) in [5, 5.41) is 10.1. The van der Waals surface area contributed by atoms with Gasteiger partial charge in [-0.2, -0.15) is 0 Å². The maximum absolute atomic E-state index is 12.8. The Hall–Kier alpha value is -2.89. The molecule has 0 saturated carbocycles. The fourth-order valence-corrected chi connectivity index (χ4v) is 1.74. The summed E-state index contributed by atoms with van der Waals surface area (Å²) < 4.78 is 12.8. The molecule has 0 unspecified atom stereocenters. The summed E-state index contributed by atoms with van der Waals surface area (Å²) in [5.41, 5.74) is 7.06. The van der Waals surface area contributed by atoms with Gasteiger partial charge in [0.05, 0.1) is 0 Å². The average Bonchev–Trinajstić information content (AvgIpc) is 2.49. The van der Waals surface area contributed by atoms with Gasteiger partial charge in [-0.25, -0.2) is 9.18 Å². The van der Waals surface area contributed by atoms with Crippen molar-refractivity contribution in [1.82, 2.24) is 0 Å². The van der Waals surface area contributed by atoms with Crippen LogP contribution in [-0.4, -0.2) is 18.9 Å². The summed E-state index contributed by atoms with van der Waals surface area (Å²) in [6.45, 7) is 0. The van der Waals surface area contributed by atoms with Gasteiger partial charge >= 0.3 is 6.03 Å². The molecule has 0 aromatic heterocycles. The van der Waals surface area contributed by atoms with Crippen molar-refractivity contribution in [3.63, 3.8) is 0 Å². The zero-order chi connectivity index (χ0) is 15.4. The molecule has 5 nitrogen and oxygen atoms in total. The number of benzene rings is 2. The van der Waals surface area contributed by atoms with E-state index in [9.17, 15) is 9.18 Å². The van der Waals surface area contributed by atoms with Crippen LogP contribution in [0, 0.1) is 11.2 Å². The lowest BCUT2D eigenvalue weighted by Gasteiger charge is -2.18. The maximum Gasteiger partial charge on any atom is 0.326 e. The molecular formula is C15H15FN4O. The molecule has 2 rings (SSSR count). The van der Waals surface area contributed by atoms with Crippen molar-refractivity contribution < 1.29 is 9.18 Å². The van der Waals surface area contributed by atoms with Crippen LogP contribution in [0.25, 0.3) is 0 Å². The number of nitrogens with zero attached hydrogens (tertiary/aromatic N) is 1. The van der Waals surface area contributed by atoms with E-state index in [1.165, 1.54) is 29.2 Å². The van der Waals surface area contributed by atoms with Crippen molar-refractivity contribution in [2.75, 3.05) is 17.3 Å². The van der Waals surface area contributed by atoms with Gasteiger partial charge < -0.3 is 11.1 Å². The predicted molar refractivity (Wildman–Crippen MR) is 81.3 cm³/mol. The monoisotopic (exact) mass is 286 g/mol. The average molecular weight is 286 g/mol. The molecule has 0 heterocycles. The Bertz CT molecular complexity index is 670. The number of nitrogen functional groups attached to an aromatic ring is 1. The third-order valence-electron chi connectivity index (χ3n) is 2.94. The first-order valence-electron chi connectivity index (χ1n) is 6.22. The molecule has 4 N–H and O–H groups in total. The van der Waals surface area contributed by atoms with Crippen LogP contribution in [-0.2, 0) is 0 Å². The van der Waals surface area contributed by atoms with E-state index in [-0.39, 0.29) is 17.7 Å². The Kier molecular flexibility index (Phi) is 4.18. The van der Waals surface area contributed by atoms with E-state index < -0.39 is 0 Å². The van der Waals surface area contributed by atoms with E-state index in [0.29, 0.717) is 16.9 Å². The normalized spacial score (nSPS) is 10.0. The van der Waals surface area contributed by atoms with Gasteiger partial charge in [0, 0.05) is 24.0 Å². The second-order valence-electron chi connectivity index (χ2n) is 4.46. The number of nitrogens with two attached hydrogens (primary N) is 1. The van der Waals surface area contributed by atoms with Crippen LogP contribution in [0.2, 0.25) is 0 Å². The summed E-state index contributed by atoms with van der Waals surface area (Å²) in [6.07, 6.45) is 0. The van der Waals surface area contributed by atoms with Crippen LogP contribution < -0.4 is 16.0 Å². The van der Waals surface area contributed by atoms with Crippen LogP contribution >= 0.6 is 0 Å². The van der Waals surface area contributed by atoms with Crippen molar-refractivity contribution in [2.24, 2.45) is 5.73 Å². The van der Waals surface area contributed by atoms with E-state index in [4.69, 9.17) is 11.1 Å². The smallest absolute Gasteiger partial charge is 0.326 e. The van der Waals surface area contributed by atoms with Crippen molar-refractivity contribution in [2.45, 2.75) is 0 Å². The minimum Gasteiger partial charge on any atom is -0.384 e. The zero-order valence-corrected chi connectivity index (χ0v) is 11.4. The molecular weight excluding hydrogens is 271 g/mol. The number of rotatable bonds is 3. The Morgan fingerprint density at radius 3 is 2.52 bits per heavy atom. The molecule has 0 aliphatic rings. The lowest BCUT2D eigenvalue weighted by molar-refractivity contribution is 0.258. The first-order valence-corrected chi connectivity index (χ1v) is 6.22. The number of carbonyl (C=O) groups excluding carboxylic acids is 1. The molecule has 0 spiro atoms. The number of amides is 2. The largest absolute Gasteiger partial charge is 0.384 e. The molecule has 2 aromatic carbocycles. The summed E-state index contributed by atoms with van der Waals surface area (Å²) in [5.74, 6) is -0.431.